The van der Waals surface area contributed by atoms with Gasteiger partial charge in [-0.15, -0.1) is 0 Å². The van der Waals surface area contributed by atoms with Crippen molar-refractivity contribution in [3.05, 3.63) is 78.1 Å². The van der Waals surface area contributed by atoms with Gasteiger partial charge in [0.25, 0.3) is 0 Å². The third-order valence-electron chi connectivity index (χ3n) is 4.55. The van der Waals surface area contributed by atoms with Crippen molar-refractivity contribution in [2.75, 3.05) is 20.2 Å². The van der Waals surface area contributed by atoms with E-state index in [1.807, 2.05) is 67.6 Å². The Hall–Kier alpha value is -3.34. The van der Waals surface area contributed by atoms with Crippen LogP contribution in [0.25, 0.3) is 17.3 Å². The van der Waals surface area contributed by atoms with E-state index in [-0.39, 0.29) is 5.91 Å². The largest absolute Gasteiger partial charge is 0.493 e. The van der Waals surface area contributed by atoms with Gasteiger partial charge in [-0.2, -0.15) is 0 Å². The Morgan fingerprint density at radius 3 is 2.69 bits per heavy atom. The van der Waals surface area contributed by atoms with Gasteiger partial charge in [-0.25, -0.2) is 0 Å². The highest BCUT2D eigenvalue weighted by Gasteiger charge is 2.09. The van der Waals surface area contributed by atoms with E-state index in [0.29, 0.717) is 13.2 Å². The minimum atomic E-state index is -0.0427. The van der Waals surface area contributed by atoms with Crippen LogP contribution in [-0.4, -0.2) is 36.2 Å². The Bertz CT molecular complexity index is 948. The molecule has 1 amide bonds. The van der Waals surface area contributed by atoms with Gasteiger partial charge in [0, 0.05) is 43.3 Å². The smallest absolute Gasteiger partial charge is 0.246 e. The Morgan fingerprint density at radius 2 is 1.90 bits per heavy atom. The first-order valence-electron chi connectivity index (χ1n) is 9.83. The molecule has 0 saturated carbocycles. The highest BCUT2D eigenvalue weighted by atomic mass is 16.5. The van der Waals surface area contributed by atoms with E-state index in [9.17, 15) is 4.79 Å². The Labute approximate surface area is 171 Å². The fraction of sp³-hybridized carbons (Fsp3) is 0.250. The maximum atomic E-state index is 12.4. The predicted octanol–water partition coefficient (Wildman–Crippen LogP) is 4.84. The molecule has 29 heavy (non-hydrogen) atoms. The molecule has 0 unspecified atom stereocenters. The second kappa shape index (κ2) is 10.3. The Kier molecular flexibility index (Phi) is 7.22. The summed E-state index contributed by atoms with van der Waals surface area (Å²) in [5.41, 5.74) is 2.76. The normalized spacial score (nSPS) is 11.0. The van der Waals surface area contributed by atoms with Gasteiger partial charge < -0.3 is 14.2 Å². The maximum Gasteiger partial charge on any atom is 0.246 e. The molecule has 150 valence electrons. The number of para-hydroxylation sites is 1. The molecule has 0 aliphatic carbocycles. The predicted molar refractivity (Wildman–Crippen MR) is 115 cm³/mol. The van der Waals surface area contributed by atoms with Gasteiger partial charge in [-0.3, -0.25) is 4.79 Å². The zero-order valence-electron chi connectivity index (χ0n) is 16.9. The number of likely N-dealkylation sites (N-methyl/N-ethyl adjacent to an activating group) is 1. The molecule has 0 aliphatic heterocycles. The first kappa shape index (κ1) is 20.4. The van der Waals surface area contributed by atoms with E-state index in [1.54, 1.807) is 24.1 Å². The molecule has 0 fully saturated rings. The molecule has 0 bridgehead atoms. The molecule has 5 nitrogen and oxygen atoms in total. The van der Waals surface area contributed by atoms with Crippen LogP contribution in [0.1, 0.15) is 24.7 Å². The van der Waals surface area contributed by atoms with Crippen molar-refractivity contribution in [2.45, 2.75) is 19.8 Å². The minimum Gasteiger partial charge on any atom is -0.493 e. The van der Waals surface area contributed by atoms with Crippen molar-refractivity contribution in [2.24, 2.45) is 0 Å². The molecule has 0 aliphatic rings. The van der Waals surface area contributed by atoms with Crippen LogP contribution in [0.4, 0.5) is 0 Å². The zero-order chi connectivity index (χ0) is 20.5. The molecule has 3 aromatic rings. The van der Waals surface area contributed by atoms with Crippen LogP contribution in [0.15, 0.2) is 71.3 Å². The number of rotatable bonds is 9. The number of carbonyl (C=O) groups excluding carboxylic acids is 1. The van der Waals surface area contributed by atoms with Crippen LogP contribution in [0.3, 0.4) is 0 Å². The lowest BCUT2D eigenvalue weighted by atomic mass is 10.1. The molecular formula is C24H26N2O3. The molecule has 0 radical (unpaired) electrons. The van der Waals surface area contributed by atoms with E-state index >= 15 is 0 Å². The third kappa shape index (κ3) is 5.82. The summed E-state index contributed by atoms with van der Waals surface area (Å²) in [4.78, 5) is 14.1. The van der Waals surface area contributed by atoms with E-state index < -0.39 is 0 Å². The molecule has 2 aromatic carbocycles. The van der Waals surface area contributed by atoms with Gasteiger partial charge in [-0.05, 0) is 25.5 Å². The van der Waals surface area contributed by atoms with Crippen molar-refractivity contribution in [1.82, 2.24) is 10.1 Å². The molecular weight excluding hydrogens is 364 g/mol. The van der Waals surface area contributed by atoms with Gasteiger partial charge in [0.2, 0.25) is 5.91 Å². The van der Waals surface area contributed by atoms with Crippen molar-refractivity contribution >= 4 is 12.0 Å². The summed E-state index contributed by atoms with van der Waals surface area (Å²) in [6.07, 6.45) is 4.91. The van der Waals surface area contributed by atoms with Crippen molar-refractivity contribution in [1.29, 1.82) is 0 Å². The maximum absolute atomic E-state index is 12.4. The lowest BCUT2D eigenvalue weighted by Gasteiger charge is -2.14. The Balaban J connectivity index is 1.49. The lowest BCUT2D eigenvalue weighted by Crippen LogP contribution is -2.26. The summed E-state index contributed by atoms with van der Waals surface area (Å²) < 4.78 is 11.0. The molecule has 1 heterocycles. The summed E-state index contributed by atoms with van der Waals surface area (Å²) in [5.74, 6) is 1.56. The molecule has 3 rings (SSSR count). The monoisotopic (exact) mass is 390 g/mol. The van der Waals surface area contributed by atoms with E-state index in [0.717, 1.165) is 41.2 Å². The first-order valence-corrected chi connectivity index (χ1v) is 9.83. The van der Waals surface area contributed by atoms with Gasteiger partial charge in [0.05, 0.1) is 6.61 Å². The SMILES string of the molecule is CCOc1ccccc1/C=C/C(=O)N(C)CCCc1cc(-c2ccccc2)no1. The molecule has 0 spiro atoms. The average molecular weight is 390 g/mol. The van der Waals surface area contributed by atoms with Crippen LogP contribution >= 0.6 is 0 Å². The Morgan fingerprint density at radius 1 is 1.14 bits per heavy atom. The number of carbonyl (C=O) groups is 1. The fourth-order valence-corrected chi connectivity index (χ4v) is 2.97. The van der Waals surface area contributed by atoms with Crippen LogP contribution < -0.4 is 4.74 Å². The van der Waals surface area contributed by atoms with Gasteiger partial charge in [-0.1, -0.05) is 53.7 Å². The quantitative estimate of drug-likeness (QED) is 0.490. The summed E-state index contributed by atoms with van der Waals surface area (Å²) >= 11 is 0. The second-order valence-electron chi connectivity index (χ2n) is 6.71. The fourth-order valence-electron chi connectivity index (χ4n) is 2.97. The van der Waals surface area contributed by atoms with E-state index in [1.165, 1.54) is 0 Å². The highest BCUT2D eigenvalue weighted by molar-refractivity contribution is 5.92. The van der Waals surface area contributed by atoms with Crippen molar-refractivity contribution < 1.29 is 14.1 Å². The van der Waals surface area contributed by atoms with Crippen molar-refractivity contribution in [3.63, 3.8) is 0 Å². The minimum absolute atomic E-state index is 0.0427. The number of aromatic nitrogens is 1. The third-order valence-corrected chi connectivity index (χ3v) is 4.55. The molecule has 5 heteroatoms. The van der Waals surface area contributed by atoms with Crippen LogP contribution in [-0.2, 0) is 11.2 Å². The molecule has 1 aromatic heterocycles. The number of nitrogens with zero attached hydrogens (tertiary/aromatic N) is 2. The number of hydrogen-bond donors (Lipinski definition) is 0. The van der Waals surface area contributed by atoms with Gasteiger partial charge >= 0.3 is 0 Å². The summed E-state index contributed by atoms with van der Waals surface area (Å²) in [7, 11) is 1.80. The van der Waals surface area contributed by atoms with Gasteiger partial charge in [0.1, 0.15) is 17.2 Å². The topological polar surface area (TPSA) is 55.6 Å². The van der Waals surface area contributed by atoms with E-state index in [4.69, 9.17) is 9.26 Å². The molecule has 0 N–H and O–H groups in total. The van der Waals surface area contributed by atoms with Crippen LogP contribution in [0.2, 0.25) is 0 Å². The zero-order valence-corrected chi connectivity index (χ0v) is 16.9. The van der Waals surface area contributed by atoms with Crippen LogP contribution in [0.5, 0.6) is 5.75 Å². The number of amides is 1. The number of aryl methyl sites for hydroxylation is 1. The average Bonchev–Trinajstić information content (AvgIpc) is 3.22. The van der Waals surface area contributed by atoms with Crippen LogP contribution in [0, 0.1) is 0 Å². The number of hydrogen-bond acceptors (Lipinski definition) is 4. The van der Waals surface area contributed by atoms with Crippen molar-refractivity contribution in [3.8, 4) is 17.0 Å². The second-order valence-corrected chi connectivity index (χ2v) is 6.71. The highest BCUT2D eigenvalue weighted by Crippen LogP contribution is 2.20. The number of ether oxygens (including phenoxy) is 1. The summed E-state index contributed by atoms with van der Waals surface area (Å²) in [6.45, 7) is 3.17. The molecule has 0 saturated heterocycles. The molecule has 0 atom stereocenters. The summed E-state index contributed by atoms with van der Waals surface area (Å²) in [6, 6.07) is 19.6. The van der Waals surface area contributed by atoms with E-state index in [2.05, 4.69) is 5.16 Å². The van der Waals surface area contributed by atoms with Gasteiger partial charge in [0.15, 0.2) is 0 Å². The standard InChI is InChI=1S/C24H26N2O3/c1-3-28-23-14-8-7-12-20(23)15-16-24(27)26(2)17-9-13-21-18-22(25-29-21)19-10-5-4-6-11-19/h4-8,10-12,14-16,18H,3,9,13,17H2,1-2H3/b16-15+. The lowest BCUT2D eigenvalue weighted by molar-refractivity contribution is -0.124. The summed E-state index contributed by atoms with van der Waals surface area (Å²) in [5, 5.41) is 4.13. The first-order chi connectivity index (χ1) is 14.2. The number of benzene rings is 2.